The first-order valence-corrected chi connectivity index (χ1v) is 7.46. The van der Waals surface area contributed by atoms with Crippen LogP contribution < -0.4 is 10.6 Å². The Morgan fingerprint density at radius 1 is 1.19 bits per heavy atom. The number of nitrogens with zero attached hydrogens (tertiary/aromatic N) is 2. The summed E-state index contributed by atoms with van der Waals surface area (Å²) in [5.74, 6) is -0.326. The zero-order valence-electron chi connectivity index (χ0n) is 11.6. The molecule has 2 amide bonds. The molecule has 0 unspecified atom stereocenters. The number of nitrogens with one attached hydrogen (secondary N) is 2. The van der Waals surface area contributed by atoms with E-state index in [1.165, 1.54) is 11.3 Å². The summed E-state index contributed by atoms with van der Waals surface area (Å²) in [6.45, 7) is 2.24. The molecule has 21 heavy (non-hydrogen) atoms. The second-order valence-electron chi connectivity index (χ2n) is 4.35. The zero-order valence-corrected chi connectivity index (χ0v) is 12.4. The average Bonchev–Trinajstić information content (AvgIpc) is 2.95. The third-order valence-electron chi connectivity index (χ3n) is 2.61. The third-order valence-corrected chi connectivity index (χ3v) is 3.53. The Kier molecular flexibility index (Phi) is 5.39. The molecule has 2 N–H and O–H groups in total. The standard InChI is InChI=1S/C14H16N4O2S/c1-2-6-11(19)15-9-12-17-18-14(21-12)13(20)16-10-7-4-3-5-8-10/h3-5,7-8H,2,6,9H2,1H3,(H,15,19)(H,16,20). The second-order valence-corrected chi connectivity index (χ2v) is 5.41. The lowest BCUT2D eigenvalue weighted by molar-refractivity contribution is -0.121. The Hall–Kier alpha value is -2.28. The van der Waals surface area contributed by atoms with Gasteiger partial charge in [-0.25, -0.2) is 0 Å². The van der Waals surface area contributed by atoms with Crippen LogP contribution in [0.15, 0.2) is 30.3 Å². The van der Waals surface area contributed by atoms with Gasteiger partial charge in [0, 0.05) is 12.1 Å². The largest absolute Gasteiger partial charge is 0.350 e. The number of aromatic nitrogens is 2. The second kappa shape index (κ2) is 7.49. The molecule has 0 aliphatic carbocycles. The van der Waals surface area contributed by atoms with Crippen LogP contribution in [0.4, 0.5) is 5.69 Å². The number of para-hydroxylation sites is 1. The highest BCUT2D eigenvalue weighted by Crippen LogP contribution is 2.13. The summed E-state index contributed by atoms with van der Waals surface area (Å²) < 4.78 is 0. The van der Waals surface area contributed by atoms with Crippen LogP contribution in [0.25, 0.3) is 0 Å². The van der Waals surface area contributed by atoms with Crippen molar-refractivity contribution in [1.82, 2.24) is 15.5 Å². The molecule has 0 aliphatic heterocycles. The highest BCUT2D eigenvalue weighted by Gasteiger charge is 2.13. The monoisotopic (exact) mass is 304 g/mol. The fourth-order valence-corrected chi connectivity index (χ4v) is 2.29. The maximum atomic E-state index is 12.0. The van der Waals surface area contributed by atoms with Gasteiger partial charge in [0.25, 0.3) is 5.91 Å². The first-order valence-electron chi connectivity index (χ1n) is 6.64. The molecule has 1 aromatic heterocycles. The van der Waals surface area contributed by atoms with E-state index in [4.69, 9.17) is 0 Å². The lowest BCUT2D eigenvalue weighted by Gasteiger charge is -2.01. The van der Waals surface area contributed by atoms with Gasteiger partial charge in [-0.2, -0.15) is 0 Å². The van der Waals surface area contributed by atoms with Crippen molar-refractivity contribution in [2.75, 3.05) is 5.32 Å². The molecule has 0 atom stereocenters. The Labute approximate surface area is 126 Å². The van der Waals surface area contributed by atoms with E-state index in [-0.39, 0.29) is 16.8 Å². The number of rotatable bonds is 6. The minimum absolute atomic E-state index is 0.0250. The summed E-state index contributed by atoms with van der Waals surface area (Å²) in [5.41, 5.74) is 0.704. The van der Waals surface area contributed by atoms with Gasteiger partial charge in [0.1, 0.15) is 5.01 Å². The van der Waals surface area contributed by atoms with Gasteiger partial charge in [-0.1, -0.05) is 36.5 Å². The molecule has 0 spiro atoms. The Morgan fingerprint density at radius 3 is 2.67 bits per heavy atom. The van der Waals surface area contributed by atoms with Crippen molar-refractivity contribution in [2.45, 2.75) is 26.3 Å². The van der Waals surface area contributed by atoms with E-state index in [1.807, 2.05) is 25.1 Å². The molecule has 7 heteroatoms. The SMILES string of the molecule is CCCC(=O)NCc1nnc(C(=O)Nc2ccccc2)s1. The van der Waals surface area contributed by atoms with E-state index in [1.54, 1.807) is 12.1 Å². The Bertz CT molecular complexity index is 612. The first kappa shape index (κ1) is 15.1. The smallest absolute Gasteiger partial charge is 0.286 e. The van der Waals surface area contributed by atoms with Gasteiger partial charge < -0.3 is 10.6 Å². The van der Waals surface area contributed by atoms with Crippen molar-refractivity contribution >= 4 is 28.8 Å². The first-order chi connectivity index (χ1) is 10.2. The minimum Gasteiger partial charge on any atom is -0.350 e. The third kappa shape index (κ3) is 4.64. The van der Waals surface area contributed by atoms with Crippen LogP contribution in [-0.2, 0) is 11.3 Å². The van der Waals surface area contributed by atoms with Gasteiger partial charge in [-0.15, -0.1) is 10.2 Å². The number of hydrogen-bond acceptors (Lipinski definition) is 5. The topological polar surface area (TPSA) is 84.0 Å². The molecule has 1 aromatic carbocycles. The fourth-order valence-electron chi connectivity index (χ4n) is 1.61. The van der Waals surface area contributed by atoms with Gasteiger partial charge in [-0.3, -0.25) is 9.59 Å². The molecular formula is C14H16N4O2S. The quantitative estimate of drug-likeness (QED) is 0.857. The van der Waals surface area contributed by atoms with E-state index in [0.717, 1.165) is 6.42 Å². The van der Waals surface area contributed by atoms with E-state index >= 15 is 0 Å². The predicted octanol–water partition coefficient (Wildman–Crippen LogP) is 2.21. The molecule has 110 valence electrons. The van der Waals surface area contributed by atoms with Crippen LogP contribution in [0.5, 0.6) is 0 Å². The van der Waals surface area contributed by atoms with Crippen LogP contribution in [0.1, 0.15) is 34.6 Å². The summed E-state index contributed by atoms with van der Waals surface area (Å²) in [5, 5.41) is 14.1. The van der Waals surface area contributed by atoms with Gasteiger partial charge in [0.2, 0.25) is 10.9 Å². The van der Waals surface area contributed by atoms with Crippen LogP contribution in [0.3, 0.4) is 0 Å². The summed E-state index contributed by atoms with van der Waals surface area (Å²) in [6, 6.07) is 9.14. The molecule has 1 heterocycles. The van der Waals surface area contributed by atoms with Crippen LogP contribution in [-0.4, -0.2) is 22.0 Å². The minimum atomic E-state index is -0.301. The van der Waals surface area contributed by atoms with Gasteiger partial charge >= 0.3 is 0 Å². The maximum Gasteiger partial charge on any atom is 0.286 e. The molecule has 0 radical (unpaired) electrons. The van der Waals surface area contributed by atoms with Crippen molar-refractivity contribution < 1.29 is 9.59 Å². The molecule has 0 saturated carbocycles. The summed E-state index contributed by atoms with van der Waals surface area (Å²) >= 11 is 1.17. The number of anilines is 1. The average molecular weight is 304 g/mol. The van der Waals surface area contributed by atoms with Gasteiger partial charge in [-0.05, 0) is 18.6 Å². The number of hydrogen-bond donors (Lipinski definition) is 2. The molecule has 0 bridgehead atoms. The van der Waals surface area contributed by atoms with E-state index in [0.29, 0.717) is 23.7 Å². The highest BCUT2D eigenvalue weighted by molar-refractivity contribution is 7.13. The van der Waals surface area contributed by atoms with Gasteiger partial charge in [0.15, 0.2) is 0 Å². The molecule has 2 rings (SSSR count). The molecule has 2 aromatic rings. The highest BCUT2D eigenvalue weighted by atomic mass is 32.1. The van der Waals surface area contributed by atoms with E-state index < -0.39 is 0 Å². The van der Waals surface area contributed by atoms with Crippen molar-refractivity contribution in [3.05, 3.63) is 40.3 Å². The number of carbonyl (C=O) groups is 2. The van der Waals surface area contributed by atoms with Gasteiger partial charge in [0.05, 0.1) is 6.54 Å². The Morgan fingerprint density at radius 2 is 1.95 bits per heavy atom. The Balaban J connectivity index is 1.90. The van der Waals surface area contributed by atoms with Crippen LogP contribution in [0, 0.1) is 0 Å². The maximum absolute atomic E-state index is 12.0. The summed E-state index contributed by atoms with van der Waals surface area (Å²) in [7, 11) is 0. The van der Waals surface area contributed by atoms with E-state index in [2.05, 4.69) is 20.8 Å². The predicted molar refractivity (Wildman–Crippen MR) is 81.1 cm³/mol. The number of amides is 2. The normalized spacial score (nSPS) is 10.1. The molecular weight excluding hydrogens is 288 g/mol. The van der Waals surface area contributed by atoms with Crippen molar-refractivity contribution in [1.29, 1.82) is 0 Å². The summed E-state index contributed by atoms with van der Waals surface area (Å²) in [6.07, 6.45) is 1.28. The fraction of sp³-hybridized carbons (Fsp3) is 0.286. The lowest BCUT2D eigenvalue weighted by Crippen LogP contribution is -2.21. The van der Waals surface area contributed by atoms with Crippen molar-refractivity contribution in [3.63, 3.8) is 0 Å². The van der Waals surface area contributed by atoms with Crippen molar-refractivity contribution in [3.8, 4) is 0 Å². The van der Waals surface area contributed by atoms with Crippen molar-refractivity contribution in [2.24, 2.45) is 0 Å². The molecule has 0 fully saturated rings. The summed E-state index contributed by atoms with van der Waals surface area (Å²) in [4.78, 5) is 23.3. The molecule has 6 nitrogen and oxygen atoms in total. The number of benzene rings is 1. The lowest BCUT2D eigenvalue weighted by atomic mass is 10.3. The van der Waals surface area contributed by atoms with Crippen LogP contribution >= 0.6 is 11.3 Å². The molecule has 0 saturated heterocycles. The molecule has 0 aliphatic rings. The van der Waals surface area contributed by atoms with E-state index in [9.17, 15) is 9.59 Å². The zero-order chi connectivity index (χ0) is 15.1. The van der Waals surface area contributed by atoms with Crippen LogP contribution in [0.2, 0.25) is 0 Å². The number of carbonyl (C=O) groups excluding carboxylic acids is 2.